The molecule has 0 atom stereocenters. The summed E-state index contributed by atoms with van der Waals surface area (Å²) in [5.41, 5.74) is 2.59. The van der Waals surface area contributed by atoms with Crippen LogP contribution in [0.25, 0.3) is 11.3 Å². The lowest BCUT2D eigenvalue weighted by atomic mass is 10.1. The van der Waals surface area contributed by atoms with Gasteiger partial charge < -0.3 is 4.98 Å². The number of carbonyl (C=O) groups excluding carboxylic acids is 1. The monoisotopic (exact) mass is 354 g/mol. The van der Waals surface area contributed by atoms with E-state index in [1.807, 2.05) is 0 Å². The van der Waals surface area contributed by atoms with Crippen LogP contribution < -0.4 is 11.1 Å². The van der Waals surface area contributed by atoms with Gasteiger partial charge in [-0.25, -0.2) is 19.0 Å². The number of benzene rings is 2. The Labute approximate surface area is 146 Å². The Morgan fingerprint density at radius 3 is 2.58 bits per heavy atom. The molecule has 0 radical (unpaired) electrons. The van der Waals surface area contributed by atoms with E-state index in [0.29, 0.717) is 11.1 Å². The van der Waals surface area contributed by atoms with Crippen molar-refractivity contribution in [3.63, 3.8) is 0 Å². The molecule has 0 saturated carbocycles. The van der Waals surface area contributed by atoms with Gasteiger partial charge >= 0.3 is 5.69 Å². The fourth-order valence-corrected chi connectivity index (χ4v) is 2.16. The highest BCUT2D eigenvalue weighted by atomic mass is 19.1. The third kappa shape index (κ3) is 4.23. The Morgan fingerprint density at radius 2 is 1.85 bits per heavy atom. The van der Waals surface area contributed by atoms with Crippen molar-refractivity contribution < 1.29 is 13.6 Å². The average molecular weight is 354 g/mol. The zero-order valence-corrected chi connectivity index (χ0v) is 13.2. The van der Waals surface area contributed by atoms with Gasteiger partial charge in [0.15, 0.2) is 0 Å². The Balaban J connectivity index is 1.79. The molecule has 3 rings (SSSR count). The van der Waals surface area contributed by atoms with Crippen LogP contribution in [-0.2, 0) is 0 Å². The van der Waals surface area contributed by atoms with Crippen molar-refractivity contribution in [1.82, 2.24) is 15.4 Å². The highest BCUT2D eigenvalue weighted by Crippen LogP contribution is 2.16. The Morgan fingerprint density at radius 1 is 1.08 bits per heavy atom. The summed E-state index contributed by atoms with van der Waals surface area (Å²) in [7, 11) is 0. The molecule has 1 heterocycles. The highest BCUT2D eigenvalue weighted by molar-refractivity contribution is 5.93. The van der Waals surface area contributed by atoms with Gasteiger partial charge in [-0.2, -0.15) is 10.1 Å². The van der Waals surface area contributed by atoms with Crippen molar-refractivity contribution in [3.8, 4) is 11.3 Å². The van der Waals surface area contributed by atoms with Crippen molar-refractivity contribution in [2.24, 2.45) is 5.10 Å². The SMILES string of the molecule is O=C(N/N=C/c1cccc(F)c1)c1cc(-c2ccc(F)cc2)nc(=O)[nH]1. The number of carbonyl (C=O) groups is 1. The summed E-state index contributed by atoms with van der Waals surface area (Å²) >= 11 is 0. The first-order chi connectivity index (χ1) is 12.5. The third-order valence-corrected chi connectivity index (χ3v) is 3.36. The maximum Gasteiger partial charge on any atom is 0.346 e. The molecule has 8 heteroatoms. The fourth-order valence-electron chi connectivity index (χ4n) is 2.16. The van der Waals surface area contributed by atoms with E-state index in [-0.39, 0.29) is 11.4 Å². The zero-order chi connectivity index (χ0) is 18.5. The second kappa shape index (κ2) is 7.47. The molecule has 0 bridgehead atoms. The number of nitrogens with one attached hydrogen (secondary N) is 2. The molecule has 0 aliphatic rings. The van der Waals surface area contributed by atoms with E-state index in [9.17, 15) is 18.4 Å². The van der Waals surface area contributed by atoms with Crippen molar-refractivity contribution >= 4 is 12.1 Å². The summed E-state index contributed by atoms with van der Waals surface area (Å²) in [6.07, 6.45) is 1.27. The molecule has 2 N–H and O–H groups in total. The molecule has 1 aromatic heterocycles. The van der Waals surface area contributed by atoms with E-state index in [4.69, 9.17) is 0 Å². The summed E-state index contributed by atoms with van der Waals surface area (Å²) in [6.45, 7) is 0. The Hall–Kier alpha value is -3.68. The van der Waals surface area contributed by atoms with Gasteiger partial charge in [0.2, 0.25) is 0 Å². The van der Waals surface area contributed by atoms with Crippen molar-refractivity contribution in [2.75, 3.05) is 0 Å². The molecule has 26 heavy (non-hydrogen) atoms. The predicted molar refractivity (Wildman–Crippen MR) is 91.7 cm³/mol. The number of hydrazone groups is 1. The summed E-state index contributed by atoms with van der Waals surface area (Å²) in [4.78, 5) is 29.9. The van der Waals surface area contributed by atoms with Crippen LogP contribution in [0.3, 0.4) is 0 Å². The molecule has 0 fully saturated rings. The Kier molecular flexibility index (Phi) is 4.93. The minimum absolute atomic E-state index is 0.0688. The summed E-state index contributed by atoms with van der Waals surface area (Å²) in [6, 6.07) is 12.3. The first kappa shape index (κ1) is 17.2. The lowest BCUT2D eigenvalue weighted by Gasteiger charge is -2.04. The van der Waals surface area contributed by atoms with E-state index in [2.05, 4.69) is 20.5 Å². The smallest absolute Gasteiger partial charge is 0.301 e. The lowest BCUT2D eigenvalue weighted by Crippen LogP contribution is -2.24. The molecule has 6 nitrogen and oxygen atoms in total. The number of hydrogen-bond acceptors (Lipinski definition) is 4. The molecule has 0 spiro atoms. The molecule has 0 aliphatic carbocycles. The number of amides is 1. The topological polar surface area (TPSA) is 87.2 Å². The lowest BCUT2D eigenvalue weighted by molar-refractivity contribution is 0.0949. The van der Waals surface area contributed by atoms with Gasteiger partial charge in [-0.1, -0.05) is 12.1 Å². The third-order valence-electron chi connectivity index (χ3n) is 3.36. The van der Waals surface area contributed by atoms with Crippen LogP contribution in [0, 0.1) is 11.6 Å². The number of rotatable bonds is 4. The van der Waals surface area contributed by atoms with E-state index < -0.39 is 23.2 Å². The minimum Gasteiger partial charge on any atom is -0.301 e. The number of aromatic nitrogens is 2. The number of nitrogens with zero attached hydrogens (tertiary/aromatic N) is 2. The molecule has 130 valence electrons. The van der Waals surface area contributed by atoms with Crippen LogP contribution in [0.4, 0.5) is 8.78 Å². The molecule has 3 aromatic rings. The van der Waals surface area contributed by atoms with E-state index in [0.717, 1.165) is 0 Å². The maximum atomic E-state index is 13.1. The van der Waals surface area contributed by atoms with Gasteiger partial charge in [-0.3, -0.25) is 4.79 Å². The molecule has 2 aromatic carbocycles. The van der Waals surface area contributed by atoms with Gasteiger partial charge in [0, 0.05) is 5.56 Å². The van der Waals surface area contributed by atoms with Crippen molar-refractivity contribution in [3.05, 3.63) is 88.0 Å². The van der Waals surface area contributed by atoms with Gasteiger partial charge in [0.05, 0.1) is 11.9 Å². The number of halogens is 2. The second-order valence-electron chi connectivity index (χ2n) is 5.25. The van der Waals surface area contributed by atoms with Gasteiger partial charge in [0.25, 0.3) is 5.91 Å². The molecule has 0 unspecified atom stereocenters. The van der Waals surface area contributed by atoms with Gasteiger partial charge in [-0.15, -0.1) is 0 Å². The van der Waals surface area contributed by atoms with Crippen LogP contribution in [0.15, 0.2) is 64.5 Å². The fraction of sp³-hybridized carbons (Fsp3) is 0. The largest absolute Gasteiger partial charge is 0.346 e. The van der Waals surface area contributed by atoms with Gasteiger partial charge in [-0.05, 0) is 48.0 Å². The number of H-pyrrole nitrogens is 1. The van der Waals surface area contributed by atoms with Crippen LogP contribution in [0.2, 0.25) is 0 Å². The molecular formula is C18H12F2N4O2. The first-order valence-corrected chi connectivity index (χ1v) is 7.47. The summed E-state index contributed by atoms with van der Waals surface area (Å²) in [5, 5.41) is 3.72. The summed E-state index contributed by atoms with van der Waals surface area (Å²) < 4.78 is 26.1. The van der Waals surface area contributed by atoms with Crippen LogP contribution >= 0.6 is 0 Å². The first-order valence-electron chi connectivity index (χ1n) is 7.47. The van der Waals surface area contributed by atoms with E-state index >= 15 is 0 Å². The van der Waals surface area contributed by atoms with Crippen LogP contribution in [0.1, 0.15) is 16.1 Å². The highest BCUT2D eigenvalue weighted by Gasteiger charge is 2.10. The number of hydrogen-bond donors (Lipinski definition) is 2. The summed E-state index contributed by atoms with van der Waals surface area (Å²) in [5.74, 6) is -1.54. The number of aromatic amines is 1. The maximum absolute atomic E-state index is 13.1. The molecule has 0 saturated heterocycles. The van der Waals surface area contributed by atoms with Crippen molar-refractivity contribution in [1.29, 1.82) is 0 Å². The molecular weight excluding hydrogens is 342 g/mol. The normalized spacial score (nSPS) is 10.8. The van der Waals surface area contributed by atoms with Crippen molar-refractivity contribution in [2.45, 2.75) is 0 Å². The minimum atomic E-state index is -0.730. The predicted octanol–water partition coefficient (Wildman–Crippen LogP) is 2.48. The molecule has 1 amide bonds. The quantitative estimate of drug-likeness (QED) is 0.557. The zero-order valence-electron chi connectivity index (χ0n) is 13.2. The van der Waals surface area contributed by atoms with Crippen LogP contribution in [-0.4, -0.2) is 22.1 Å². The van der Waals surface area contributed by atoms with Crippen LogP contribution in [0.5, 0.6) is 0 Å². The molecule has 0 aliphatic heterocycles. The Bertz CT molecular complexity index is 1030. The van der Waals surface area contributed by atoms with E-state index in [1.54, 1.807) is 6.07 Å². The second-order valence-corrected chi connectivity index (χ2v) is 5.25. The van der Waals surface area contributed by atoms with Gasteiger partial charge in [0.1, 0.15) is 17.3 Å². The van der Waals surface area contributed by atoms with E-state index in [1.165, 1.54) is 54.7 Å². The average Bonchev–Trinajstić information content (AvgIpc) is 2.62. The standard InChI is InChI=1S/C18H12F2N4O2/c19-13-6-4-12(5-7-13)15-9-16(23-18(26)22-15)17(25)24-21-10-11-2-1-3-14(20)8-11/h1-10H,(H,24,25)(H,22,23,26)/b21-10+.